The zero-order chi connectivity index (χ0) is 8.24. The molecule has 3 nitrogen and oxygen atoms in total. The standard InChI is InChI=1S/2C3H9NS.H2O/c2*4-2-1-3-5;/h2*5H,1-4H2;1H2. The zero-order valence-corrected chi connectivity index (χ0v) is 8.58. The molecule has 0 atom stereocenters. The fraction of sp³-hybridized carbons (Fsp3) is 1.00. The molecule has 6 N–H and O–H groups in total. The van der Waals surface area contributed by atoms with Gasteiger partial charge in [-0.15, -0.1) is 0 Å². The molecular formula is C6H20N2OS2. The molecule has 0 aromatic heterocycles. The Morgan fingerprint density at radius 1 is 0.818 bits per heavy atom. The van der Waals surface area contributed by atoms with Gasteiger partial charge in [-0.25, -0.2) is 0 Å². The van der Waals surface area contributed by atoms with Crippen LogP contribution in [0, 0.1) is 0 Å². The maximum absolute atomic E-state index is 5.09. The van der Waals surface area contributed by atoms with E-state index in [1.54, 1.807) is 0 Å². The number of nitrogens with two attached hydrogens (primary N) is 2. The Balaban J connectivity index is -0.000000107. The van der Waals surface area contributed by atoms with E-state index in [2.05, 4.69) is 25.3 Å². The van der Waals surface area contributed by atoms with Gasteiger partial charge in [-0.3, -0.25) is 0 Å². The van der Waals surface area contributed by atoms with Gasteiger partial charge in [0.15, 0.2) is 0 Å². The minimum atomic E-state index is 0. The van der Waals surface area contributed by atoms with Gasteiger partial charge in [0.1, 0.15) is 0 Å². The van der Waals surface area contributed by atoms with Crippen molar-refractivity contribution in [3.8, 4) is 0 Å². The first-order chi connectivity index (χ1) is 4.83. The van der Waals surface area contributed by atoms with Crippen LogP contribution in [0.3, 0.4) is 0 Å². The molecular weight excluding hydrogens is 180 g/mol. The molecule has 72 valence electrons. The third-order valence-electron chi connectivity index (χ3n) is 0.724. The Kier molecular flexibility index (Phi) is 35.9. The number of thiol groups is 2. The van der Waals surface area contributed by atoms with Crippen molar-refractivity contribution in [3.05, 3.63) is 0 Å². The first-order valence-electron chi connectivity index (χ1n) is 3.45. The second-order valence-electron chi connectivity index (χ2n) is 1.73. The molecule has 0 saturated heterocycles. The molecule has 0 amide bonds. The third kappa shape index (κ3) is 37.1. The largest absolute Gasteiger partial charge is 0.412 e. The van der Waals surface area contributed by atoms with E-state index in [1.165, 1.54) is 0 Å². The van der Waals surface area contributed by atoms with Gasteiger partial charge in [-0.1, -0.05) is 0 Å². The van der Waals surface area contributed by atoms with Gasteiger partial charge < -0.3 is 16.9 Å². The quantitative estimate of drug-likeness (QED) is 0.470. The first-order valence-corrected chi connectivity index (χ1v) is 4.71. The van der Waals surface area contributed by atoms with Crippen molar-refractivity contribution in [1.29, 1.82) is 0 Å². The molecule has 0 unspecified atom stereocenters. The lowest BCUT2D eigenvalue weighted by Crippen LogP contribution is -1.97. The number of rotatable bonds is 4. The molecule has 11 heavy (non-hydrogen) atoms. The summed E-state index contributed by atoms with van der Waals surface area (Å²) in [6.45, 7) is 1.53. The highest BCUT2D eigenvalue weighted by Crippen LogP contribution is 1.75. The molecule has 0 aliphatic carbocycles. The molecule has 0 saturated carbocycles. The average Bonchev–Trinajstić information content (AvgIpc) is 1.93. The minimum absolute atomic E-state index is 0. The third-order valence-corrected chi connectivity index (χ3v) is 1.36. The zero-order valence-electron chi connectivity index (χ0n) is 6.79. The predicted molar refractivity (Wildman–Crippen MR) is 58.7 cm³/mol. The molecule has 0 spiro atoms. The molecule has 0 aromatic carbocycles. The molecule has 0 aliphatic heterocycles. The highest BCUT2D eigenvalue weighted by molar-refractivity contribution is 7.80. The van der Waals surface area contributed by atoms with Crippen molar-refractivity contribution in [3.63, 3.8) is 0 Å². The van der Waals surface area contributed by atoms with Gasteiger partial charge in [-0.2, -0.15) is 25.3 Å². The Morgan fingerprint density at radius 2 is 1.09 bits per heavy atom. The van der Waals surface area contributed by atoms with Crippen LogP contribution in [-0.4, -0.2) is 30.1 Å². The Bertz CT molecular complexity index is 39.6. The van der Waals surface area contributed by atoms with Gasteiger partial charge in [0.05, 0.1) is 0 Å². The van der Waals surface area contributed by atoms with Crippen LogP contribution in [0.4, 0.5) is 0 Å². The lowest BCUT2D eigenvalue weighted by Gasteiger charge is -1.79. The van der Waals surface area contributed by atoms with E-state index in [4.69, 9.17) is 11.5 Å². The Hall–Kier alpha value is 0.580. The Morgan fingerprint density at radius 3 is 1.09 bits per heavy atom. The van der Waals surface area contributed by atoms with Gasteiger partial charge in [-0.05, 0) is 37.4 Å². The van der Waals surface area contributed by atoms with Crippen LogP contribution in [0.5, 0.6) is 0 Å². The van der Waals surface area contributed by atoms with E-state index < -0.39 is 0 Å². The van der Waals surface area contributed by atoms with E-state index in [1.807, 2.05) is 0 Å². The van der Waals surface area contributed by atoms with Gasteiger partial charge >= 0.3 is 0 Å². The molecule has 0 aromatic rings. The molecule has 0 aliphatic rings. The molecule has 0 radical (unpaired) electrons. The summed E-state index contributed by atoms with van der Waals surface area (Å²) in [4.78, 5) is 0. The second kappa shape index (κ2) is 22.4. The number of hydrogen-bond donors (Lipinski definition) is 4. The van der Waals surface area contributed by atoms with Crippen LogP contribution in [0.1, 0.15) is 12.8 Å². The summed E-state index contributed by atoms with van der Waals surface area (Å²) in [7, 11) is 0. The summed E-state index contributed by atoms with van der Waals surface area (Å²) >= 11 is 7.84. The fourth-order valence-electron chi connectivity index (χ4n) is 0.183. The molecule has 5 heteroatoms. The summed E-state index contributed by atoms with van der Waals surface area (Å²) in [5.41, 5.74) is 10.2. The predicted octanol–water partition coefficient (Wildman–Crippen LogP) is -0.295. The highest BCUT2D eigenvalue weighted by Gasteiger charge is 1.69. The second-order valence-corrected chi connectivity index (χ2v) is 2.63. The lowest BCUT2D eigenvalue weighted by molar-refractivity contribution is 0.824. The van der Waals surface area contributed by atoms with Crippen molar-refractivity contribution in [2.45, 2.75) is 12.8 Å². The normalized spacial score (nSPS) is 7.64. The summed E-state index contributed by atoms with van der Waals surface area (Å²) < 4.78 is 0. The fourth-order valence-corrected chi connectivity index (χ4v) is 0.548. The van der Waals surface area contributed by atoms with E-state index in [9.17, 15) is 0 Å². The van der Waals surface area contributed by atoms with Crippen molar-refractivity contribution in [2.24, 2.45) is 11.5 Å². The molecule has 0 fully saturated rings. The molecule has 0 rings (SSSR count). The lowest BCUT2D eigenvalue weighted by atomic mass is 10.5. The molecule has 0 bridgehead atoms. The first kappa shape index (κ1) is 17.6. The van der Waals surface area contributed by atoms with Crippen LogP contribution in [0.25, 0.3) is 0 Å². The van der Waals surface area contributed by atoms with Crippen LogP contribution in [-0.2, 0) is 0 Å². The topological polar surface area (TPSA) is 83.5 Å². The van der Waals surface area contributed by atoms with Crippen LogP contribution >= 0.6 is 25.3 Å². The Labute approximate surface area is 80.0 Å². The van der Waals surface area contributed by atoms with E-state index in [0.29, 0.717) is 0 Å². The van der Waals surface area contributed by atoms with Gasteiger partial charge in [0, 0.05) is 0 Å². The van der Waals surface area contributed by atoms with E-state index in [0.717, 1.165) is 37.4 Å². The number of hydrogen-bond acceptors (Lipinski definition) is 4. The summed E-state index contributed by atoms with van der Waals surface area (Å²) in [6, 6.07) is 0. The summed E-state index contributed by atoms with van der Waals surface area (Å²) in [5, 5.41) is 0. The van der Waals surface area contributed by atoms with E-state index in [-0.39, 0.29) is 5.48 Å². The maximum atomic E-state index is 5.09. The van der Waals surface area contributed by atoms with Crippen molar-refractivity contribution in [1.82, 2.24) is 0 Å². The summed E-state index contributed by atoms with van der Waals surface area (Å²) in [6.07, 6.45) is 2.06. The van der Waals surface area contributed by atoms with Crippen LogP contribution in [0.15, 0.2) is 0 Å². The van der Waals surface area contributed by atoms with Crippen molar-refractivity contribution in [2.75, 3.05) is 24.6 Å². The van der Waals surface area contributed by atoms with Crippen LogP contribution in [0.2, 0.25) is 0 Å². The average molecular weight is 200 g/mol. The SMILES string of the molecule is NCCCS.NCCCS.O. The minimum Gasteiger partial charge on any atom is -0.412 e. The van der Waals surface area contributed by atoms with Crippen LogP contribution < -0.4 is 11.5 Å². The summed E-state index contributed by atoms with van der Waals surface area (Å²) in [5.74, 6) is 1.83. The van der Waals surface area contributed by atoms with Gasteiger partial charge in [0.2, 0.25) is 0 Å². The smallest absolute Gasteiger partial charge is 0.00695 e. The van der Waals surface area contributed by atoms with Crippen molar-refractivity contribution < 1.29 is 5.48 Å². The maximum Gasteiger partial charge on any atom is -0.00695 e. The van der Waals surface area contributed by atoms with Crippen molar-refractivity contribution >= 4 is 25.3 Å². The van der Waals surface area contributed by atoms with E-state index >= 15 is 0 Å². The van der Waals surface area contributed by atoms with Gasteiger partial charge in [0.25, 0.3) is 0 Å². The highest BCUT2D eigenvalue weighted by atomic mass is 32.1. The monoisotopic (exact) mass is 200 g/mol. The molecule has 0 heterocycles.